The van der Waals surface area contributed by atoms with E-state index < -0.39 is 0 Å². The minimum atomic E-state index is -0.353. The molecule has 0 bridgehead atoms. The summed E-state index contributed by atoms with van der Waals surface area (Å²) in [5.41, 5.74) is 5.90. The number of hydrogen-bond acceptors (Lipinski definition) is 3. The molecule has 1 aliphatic rings. The SMILES string of the molecule is Nc1ccc(SCC(=O)N2CCCCCC2)c(F)c1. The highest BCUT2D eigenvalue weighted by Crippen LogP contribution is 2.24. The maximum absolute atomic E-state index is 13.6. The second kappa shape index (κ2) is 6.80. The molecule has 2 rings (SSSR count). The summed E-state index contributed by atoms with van der Waals surface area (Å²) in [5, 5.41) is 0. The fourth-order valence-corrected chi connectivity index (χ4v) is 3.01. The van der Waals surface area contributed by atoms with Crippen molar-refractivity contribution in [2.75, 3.05) is 24.6 Å². The van der Waals surface area contributed by atoms with Gasteiger partial charge in [0.05, 0.1) is 5.75 Å². The Labute approximate surface area is 117 Å². The van der Waals surface area contributed by atoms with Crippen molar-refractivity contribution >= 4 is 23.4 Å². The quantitative estimate of drug-likeness (QED) is 0.685. The molecule has 2 N–H and O–H groups in total. The maximum Gasteiger partial charge on any atom is 0.232 e. The Morgan fingerprint density at radius 1 is 1.26 bits per heavy atom. The zero-order valence-electron chi connectivity index (χ0n) is 10.9. The highest BCUT2D eigenvalue weighted by atomic mass is 32.2. The summed E-state index contributed by atoms with van der Waals surface area (Å²) in [7, 11) is 0. The zero-order valence-corrected chi connectivity index (χ0v) is 11.7. The van der Waals surface area contributed by atoms with Gasteiger partial charge in [0.2, 0.25) is 5.91 Å². The van der Waals surface area contributed by atoms with Gasteiger partial charge in [0.25, 0.3) is 0 Å². The van der Waals surface area contributed by atoms with Crippen LogP contribution < -0.4 is 5.73 Å². The van der Waals surface area contributed by atoms with Gasteiger partial charge < -0.3 is 10.6 Å². The number of carbonyl (C=O) groups excluding carboxylic acids is 1. The molecule has 0 saturated carbocycles. The predicted octanol–water partition coefficient (Wildman–Crippen LogP) is 2.90. The van der Waals surface area contributed by atoms with Crippen LogP contribution in [-0.2, 0) is 4.79 Å². The van der Waals surface area contributed by atoms with Crippen LogP contribution in [-0.4, -0.2) is 29.6 Å². The molecule has 1 saturated heterocycles. The standard InChI is InChI=1S/C14H19FN2OS/c15-12-9-11(16)5-6-13(12)19-10-14(18)17-7-3-1-2-4-8-17/h5-6,9H,1-4,7-8,10,16H2. The Hall–Kier alpha value is -1.23. The fourth-order valence-electron chi connectivity index (χ4n) is 2.19. The molecule has 1 amide bonds. The van der Waals surface area contributed by atoms with E-state index in [1.807, 2.05) is 4.90 Å². The van der Waals surface area contributed by atoms with Crippen molar-refractivity contribution < 1.29 is 9.18 Å². The van der Waals surface area contributed by atoms with Crippen LogP contribution in [0.2, 0.25) is 0 Å². The number of nitrogens with zero attached hydrogens (tertiary/aromatic N) is 1. The number of carbonyl (C=O) groups is 1. The number of halogens is 1. The molecule has 5 heteroatoms. The van der Waals surface area contributed by atoms with Gasteiger partial charge in [-0.1, -0.05) is 12.8 Å². The highest BCUT2D eigenvalue weighted by molar-refractivity contribution is 8.00. The van der Waals surface area contributed by atoms with Crippen LogP contribution in [0.5, 0.6) is 0 Å². The van der Waals surface area contributed by atoms with E-state index in [0.717, 1.165) is 25.9 Å². The van der Waals surface area contributed by atoms with Gasteiger partial charge in [-0.2, -0.15) is 0 Å². The number of rotatable bonds is 3. The lowest BCUT2D eigenvalue weighted by molar-refractivity contribution is -0.128. The van der Waals surface area contributed by atoms with Crippen LogP contribution in [0.15, 0.2) is 23.1 Å². The lowest BCUT2D eigenvalue weighted by Crippen LogP contribution is -2.33. The topological polar surface area (TPSA) is 46.3 Å². The fraction of sp³-hybridized carbons (Fsp3) is 0.500. The molecule has 1 aromatic rings. The average molecular weight is 282 g/mol. The lowest BCUT2D eigenvalue weighted by Gasteiger charge is -2.20. The van der Waals surface area contributed by atoms with E-state index in [1.54, 1.807) is 12.1 Å². The van der Waals surface area contributed by atoms with E-state index in [4.69, 9.17) is 5.73 Å². The van der Waals surface area contributed by atoms with Gasteiger partial charge in [0, 0.05) is 23.7 Å². The summed E-state index contributed by atoms with van der Waals surface area (Å²) < 4.78 is 13.6. The predicted molar refractivity (Wildman–Crippen MR) is 76.6 cm³/mol. The van der Waals surface area contributed by atoms with Crippen molar-refractivity contribution in [2.24, 2.45) is 0 Å². The van der Waals surface area contributed by atoms with E-state index in [1.165, 1.54) is 30.7 Å². The molecule has 0 aliphatic carbocycles. The molecule has 3 nitrogen and oxygen atoms in total. The maximum atomic E-state index is 13.6. The number of anilines is 1. The molecule has 1 heterocycles. The summed E-state index contributed by atoms with van der Waals surface area (Å²) in [6.45, 7) is 1.67. The number of nitrogens with two attached hydrogens (primary N) is 1. The van der Waals surface area contributed by atoms with E-state index in [9.17, 15) is 9.18 Å². The van der Waals surface area contributed by atoms with Crippen LogP contribution in [0, 0.1) is 5.82 Å². The second-order valence-electron chi connectivity index (χ2n) is 4.77. The molecule has 0 spiro atoms. The van der Waals surface area contributed by atoms with E-state index in [-0.39, 0.29) is 11.7 Å². The number of nitrogen functional groups attached to an aromatic ring is 1. The summed E-state index contributed by atoms with van der Waals surface area (Å²) >= 11 is 1.24. The Morgan fingerprint density at radius 3 is 2.58 bits per heavy atom. The highest BCUT2D eigenvalue weighted by Gasteiger charge is 2.16. The van der Waals surface area contributed by atoms with Gasteiger partial charge in [-0.3, -0.25) is 4.79 Å². The minimum Gasteiger partial charge on any atom is -0.399 e. The smallest absolute Gasteiger partial charge is 0.232 e. The van der Waals surface area contributed by atoms with Gasteiger partial charge in [0.15, 0.2) is 0 Å². The van der Waals surface area contributed by atoms with Crippen molar-refractivity contribution in [3.8, 4) is 0 Å². The number of hydrogen-bond donors (Lipinski definition) is 1. The molecular formula is C14H19FN2OS. The van der Waals surface area contributed by atoms with Crippen molar-refractivity contribution in [3.05, 3.63) is 24.0 Å². The first-order chi connectivity index (χ1) is 9.16. The molecule has 19 heavy (non-hydrogen) atoms. The van der Waals surface area contributed by atoms with E-state index >= 15 is 0 Å². The van der Waals surface area contributed by atoms with E-state index in [0.29, 0.717) is 16.3 Å². The van der Waals surface area contributed by atoms with Crippen LogP contribution in [0.3, 0.4) is 0 Å². The average Bonchev–Trinajstić information content (AvgIpc) is 2.66. The first-order valence-electron chi connectivity index (χ1n) is 6.62. The van der Waals surface area contributed by atoms with Gasteiger partial charge in [0.1, 0.15) is 5.82 Å². The third-order valence-electron chi connectivity index (χ3n) is 3.27. The van der Waals surface area contributed by atoms with Gasteiger partial charge in [-0.25, -0.2) is 4.39 Å². The van der Waals surface area contributed by atoms with E-state index in [2.05, 4.69) is 0 Å². The molecule has 1 fully saturated rings. The first-order valence-corrected chi connectivity index (χ1v) is 7.61. The molecule has 0 aromatic heterocycles. The molecule has 0 atom stereocenters. The molecule has 1 aromatic carbocycles. The molecule has 104 valence electrons. The number of amides is 1. The van der Waals surface area contributed by atoms with Crippen LogP contribution in [0.4, 0.5) is 10.1 Å². The van der Waals surface area contributed by atoms with Gasteiger partial charge in [-0.15, -0.1) is 11.8 Å². The third-order valence-corrected chi connectivity index (χ3v) is 4.30. The van der Waals surface area contributed by atoms with Gasteiger partial charge in [-0.05, 0) is 31.0 Å². The van der Waals surface area contributed by atoms with Crippen LogP contribution in [0.1, 0.15) is 25.7 Å². The number of benzene rings is 1. The second-order valence-corrected chi connectivity index (χ2v) is 5.79. The lowest BCUT2D eigenvalue weighted by atomic mass is 10.2. The Balaban J connectivity index is 1.88. The van der Waals surface area contributed by atoms with Gasteiger partial charge >= 0.3 is 0 Å². The summed E-state index contributed by atoms with van der Waals surface area (Å²) in [4.78, 5) is 14.4. The van der Waals surface area contributed by atoms with Crippen molar-refractivity contribution in [3.63, 3.8) is 0 Å². The summed E-state index contributed by atoms with van der Waals surface area (Å²) in [5.74, 6) is 0.0395. The van der Waals surface area contributed by atoms with Crippen LogP contribution in [0.25, 0.3) is 0 Å². The van der Waals surface area contributed by atoms with Crippen LogP contribution >= 0.6 is 11.8 Å². The monoisotopic (exact) mass is 282 g/mol. The minimum absolute atomic E-state index is 0.100. The Morgan fingerprint density at radius 2 is 1.95 bits per heavy atom. The first kappa shape index (κ1) is 14.2. The Kier molecular flexibility index (Phi) is 5.07. The largest absolute Gasteiger partial charge is 0.399 e. The number of likely N-dealkylation sites (tertiary alicyclic amines) is 1. The van der Waals surface area contributed by atoms with Crippen molar-refractivity contribution in [2.45, 2.75) is 30.6 Å². The van der Waals surface area contributed by atoms with Crippen molar-refractivity contribution in [1.29, 1.82) is 0 Å². The Bertz CT molecular complexity index is 445. The van der Waals surface area contributed by atoms with Crippen molar-refractivity contribution in [1.82, 2.24) is 4.90 Å². The molecule has 1 aliphatic heterocycles. The normalized spacial score (nSPS) is 16.2. The zero-order chi connectivity index (χ0) is 13.7. The summed E-state index contributed by atoms with van der Waals surface area (Å²) in [6, 6.07) is 4.58. The third kappa shape index (κ3) is 4.13. The summed E-state index contributed by atoms with van der Waals surface area (Å²) in [6.07, 6.45) is 4.55. The number of thioether (sulfide) groups is 1. The molecule has 0 unspecified atom stereocenters. The molecule has 0 radical (unpaired) electrons. The molecular weight excluding hydrogens is 263 g/mol.